The molecule has 2 heteroatoms. The van der Waals surface area contributed by atoms with Gasteiger partial charge in [-0.3, -0.25) is 0 Å². The standard InChI is InChI=1S/C14H23NO/c1-3-11-6-4-5-7-13(11)14(15)12-8-9-16-10(12)2/h8-9,11,13-14H,3-7,15H2,1-2H3. The van der Waals surface area contributed by atoms with Crippen LogP contribution >= 0.6 is 0 Å². The van der Waals surface area contributed by atoms with Crippen LogP contribution in [0.4, 0.5) is 0 Å². The van der Waals surface area contributed by atoms with E-state index < -0.39 is 0 Å². The Hall–Kier alpha value is -0.760. The Morgan fingerprint density at radius 1 is 1.44 bits per heavy atom. The Balaban J connectivity index is 2.13. The third-order valence-electron chi connectivity index (χ3n) is 4.21. The summed E-state index contributed by atoms with van der Waals surface area (Å²) >= 11 is 0. The molecule has 0 amide bonds. The molecule has 0 spiro atoms. The number of hydrogen-bond donors (Lipinski definition) is 1. The molecule has 1 heterocycles. The van der Waals surface area contributed by atoms with Crippen LogP contribution in [0.5, 0.6) is 0 Å². The van der Waals surface area contributed by atoms with Gasteiger partial charge in [-0.15, -0.1) is 0 Å². The number of hydrogen-bond acceptors (Lipinski definition) is 2. The first kappa shape index (κ1) is 11.7. The zero-order valence-electron chi connectivity index (χ0n) is 10.4. The lowest BCUT2D eigenvalue weighted by molar-refractivity contribution is 0.195. The van der Waals surface area contributed by atoms with E-state index in [0.29, 0.717) is 5.92 Å². The summed E-state index contributed by atoms with van der Waals surface area (Å²) in [5.41, 5.74) is 7.63. The molecule has 2 rings (SSSR count). The Kier molecular flexibility index (Phi) is 3.70. The second kappa shape index (κ2) is 5.05. The molecule has 0 radical (unpaired) electrons. The van der Waals surface area contributed by atoms with Crippen molar-refractivity contribution in [1.82, 2.24) is 0 Å². The molecule has 1 aliphatic rings. The molecule has 0 saturated heterocycles. The van der Waals surface area contributed by atoms with Crippen molar-refractivity contribution in [3.63, 3.8) is 0 Å². The second-order valence-corrected chi connectivity index (χ2v) is 5.07. The number of nitrogens with two attached hydrogens (primary N) is 1. The quantitative estimate of drug-likeness (QED) is 0.843. The van der Waals surface area contributed by atoms with Crippen LogP contribution in [0, 0.1) is 18.8 Å². The van der Waals surface area contributed by atoms with Crippen LogP contribution < -0.4 is 5.73 Å². The van der Waals surface area contributed by atoms with Gasteiger partial charge in [0.15, 0.2) is 0 Å². The minimum atomic E-state index is 0.170. The lowest BCUT2D eigenvalue weighted by atomic mass is 9.73. The highest BCUT2D eigenvalue weighted by Gasteiger charge is 2.30. The van der Waals surface area contributed by atoms with E-state index in [1.165, 1.54) is 37.7 Å². The van der Waals surface area contributed by atoms with Gasteiger partial charge < -0.3 is 10.2 Å². The highest BCUT2D eigenvalue weighted by Crippen LogP contribution is 2.39. The summed E-state index contributed by atoms with van der Waals surface area (Å²) in [6, 6.07) is 2.21. The zero-order chi connectivity index (χ0) is 11.5. The number of aryl methyl sites for hydroxylation is 1. The normalized spacial score (nSPS) is 27.9. The smallest absolute Gasteiger partial charge is 0.105 e. The third-order valence-corrected chi connectivity index (χ3v) is 4.21. The lowest BCUT2D eigenvalue weighted by Gasteiger charge is -2.35. The van der Waals surface area contributed by atoms with E-state index in [1.807, 2.05) is 13.0 Å². The lowest BCUT2D eigenvalue weighted by Crippen LogP contribution is -2.30. The fourth-order valence-corrected chi connectivity index (χ4v) is 3.19. The van der Waals surface area contributed by atoms with Gasteiger partial charge in [0, 0.05) is 11.6 Å². The molecule has 90 valence electrons. The van der Waals surface area contributed by atoms with Crippen LogP contribution in [0.2, 0.25) is 0 Å². The average Bonchev–Trinajstić information content (AvgIpc) is 2.74. The van der Waals surface area contributed by atoms with Gasteiger partial charge in [-0.1, -0.05) is 32.6 Å². The first-order valence-corrected chi connectivity index (χ1v) is 6.53. The minimum Gasteiger partial charge on any atom is -0.469 e. The van der Waals surface area contributed by atoms with Crippen molar-refractivity contribution in [2.24, 2.45) is 17.6 Å². The molecule has 1 aliphatic carbocycles. The van der Waals surface area contributed by atoms with Crippen molar-refractivity contribution in [2.45, 2.75) is 52.0 Å². The zero-order valence-corrected chi connectivity index (χ0v) is 10.4. The molecule has 3 atom stereocenters. The topological polar surface area (TPSA) is 39.2 Å². The van der Waals surface area contributed by atoms with Crippen molar-refractivity contribution >= 4 is 0 Å². The third kappa shape index (κ3) is 2.17. The van der Waals surface area contributed by atoms with E-state index in [-0.39, 0.29) is 6.04 Å². The van der Waals surface area contributed by atoms with Gasteiger partial charge in [0.2, 0.25) is 0 Å². The van der Waals surface area contributed by atoms with E-state index in [0.717, 1.165) is 11.7 Å². The molecule has 0 bridgehead atoms. The SMILES string of the molecule is CCC1CCCCC1C(N)c1ccoc1C. The maximum Gasteiger partial charge on any atom is 0.105 e. The molecule has 0 aliphatic heterocycles. The summed E-state index contributed by atoms with van der Waals surface area (Å²) in [5, 5.41) is 0. The Bertz CT molecular complexity index is 331. The summed E-state index contributed by atoms with van der Waals surface area (Å²) in [6.45, 7) is 4.30. The van der Waals surface area contributed by atoms with Gasteiger partial charge in [0.1, 0.15) is 5.76 Å². The summed E-state index contributed by atoms with van der Waals surface area (Å²) < 4.78 is 5.37. The van der Waals surface area contributed by atoms with Gasteiger partial charge in [-0.2, -0.15) is 0 Å². The minimum absolute atomic E-state index is 0.170. The Labute approximate surface area is 98.2 Å². The molecule has 3 unspecified atom stereocenters. The monoisotopic (exact) mass is 221 g/mol. The summed E-state index contributed by atoms with van der Waals surface area (Å²) in [7, 11) is 0. The largest absolute Gasteiger partial charge is 0.469 e. The molecule has 1 aromatic heterocycles. The molecular formula is C14H23NO. The van der Waals surface area contributed by atoms with E-state index in [9.17, 15) is 0 Å². The molecule has 2 nitrogen and oxygen atoms in total. The van der Waals surface area contributed by atoms with E-state index in [2.05, 4.69) is 6.92 Å². The molecule has 1 fully saturated rings. The van der Waals surface area contributed by atoms with Crippen LogP contribution in [0.15, 0.2) is 16.7 Å². The van der Waals surface area contributed by atoms with Gasteiger partial charge >= 0.3 is 0 Å². The van der Waals surface area contributed by atoms with Crippen molar-refractivity contribution in [1.29, 1.82) is 0 Å². The van der Waals surface area contributed by atoms with Gasteiger partial charge in [0.25, 0.3) is 0 Å². The van der Waals surface area contributed by atoms with E-state index in [4.69, 9.17) is 10.2 Å². The molecule has 1 aromatic rings. The van der Waals surface area contributed by atoms with Gasteiger partial charge in [-0.25, -0.2) is 0 Å². The first-order valence-electron chi connectivity index (χ1n) is 6.53. The van der Waals surface area contributed by atoms with Crippen molar-refractivity contribution < 1.29 is 4.42 Å². The predicted molar refractivity (Wildman–Crippen MR) is 66.1 cm³/mol. The Morgan fingerprint density at radius 3 is 2.81 bits per heavy atom. The summed E-state index contributed by atoms with van der Waals surface area (Å²) in [6.07, 6.45) is 8.37. The van der Waals surface area contributed by atoms with E-state index >= 15 is 0 Å². The average molecular weight is 221 g/mol. The summed E-state index contributed by atoms with van der Waals surface area (Å²) in [5.74, 6) is 2.45. The molecule has 2 N–H and O–H groups in total. The maximum atomic E-state index is 6.42. The fraction of sp³-hybridized carbons (Fsp3) is 0.714. The molecular weight excluding hydrogens is 198 g/mol. The van der Waals surface area contributed by atoms with Crippen LogP contribution in [-0.4, -0.2) is 0 Å². The highest BCUT2D eigenvalue weighted by atomic mass is 16.3. The molecule has 16 heavy (non-hydrogen) atoms. The van der Waals surface area contributed by atoms with Crippen molar-refractivity contribution in [3.8, 4) is 0 Å². The number of rotatable bonds is 3. The Morgan fingerprint density at radius 2 is 2.19 bits per heavy atom. The van der Waals surface area contributed by atoms with Crippen LogP contribution in [-0.2, 0) is 0 Å². The maximum absolute atomic E-state index is 6.42. The van der Waals surface area contributed by atoms with Gasteiger partial charge in [-0.05, 0) is 31.2 Å². The fourth-order valence-electron chi connectivity index (χ4n) is 3.19. The number of furan rings is 1. The van der Waals surface area contributed by atoms with Crippen LogP contribution in [0.3, 0.4) is 0 Å². The van der Waals surface area contributed by atoms with Gasteiger partial charge in [0.05, 0.1) is 6.26 Å². The van der Waals surface area contributed by atoms with E-state index in [1.54, 1.807) is 6.26 Å². The first-order chi connectivity index (χ1) is 7.74. The molecule has 0 aromatic carbocycles. The second-order valence-electron chi connectivity index (χ2n) is 5.07. The highest BCUT2D eigenvalue weighted by molar-refractivity contribution is 5.21. The van der Waals surface area contributed by atoms with Crippen LogP contribution in [0.25, 0.3) is 0 Å². The van der Waals surface area contributed by atoms with Crippen molar-refractivity contribution in [2.75, 3.05) is 0 Å². The predicted octanol–water partition coefficient (Wildman–Crippen LogP) is 3.80. The molecule has 1 saturated carbocycles. The summed E-state index contributed by atoms with van der Waals surface area (Å²) in [4.78, 5) is 0. The van der Waals surface area contributed by atoms with Crippen molar-refractivity contribution in [3.05, 3.63) is 23.7 Å². The van der Waals surface area contributed by atoms with Crippen LogP contribution in [0.1, 0.15) is 56.4 Å².